The van der Waals surface area contributed by atoms with Crippen LogP contribution in [0.2, 0.25) is 0 Å². The molecule has 0 amide bonds. The molecule has 2 aliphatic heterocycles. The maximum absolute atomic E-state index is 6.57. The van der Waals surface area contributed by atoms with Crippen LogP contribution in [0.4, 0.5) is 11.4 Å². The number of fused-ring (bicyclic) bond motifs is 2. The highest BCUT2D eigenvalue weighted by atomic mass is 16.5. The molecule has 0 radical (unpaired) electrons. The standard InChI is InChI=1S/C47H52N2O3/c1-45(2)38-30-36(50-7)23-25-40(38)48(5)42(45)27-22-34-20-21-35(44(34)43(32-16-12-10-13-17-32)33-18-14-11-15-19-33)28-29-47(52-9)46(3,4)39-31-37(51-8)24-26-41(39)49(47)6/h10-19,22-31,43H,20-21H2,1-9H3/b29-28+,34-22+,42-27-. The van der Waals surface area contributed by atoms with Crippen molar-refractivity contribution >= 4 is 11.4 Å². The van der Waals surface area contributed by atoms with Crippen molar-refractivity contribution < 1.29 is 14.2 Å². The van der Waals surface area contributed by atoms with Crippen molar-refractivity contribution in [3.8, 4) is 11.5 Å². The van der Waals surface area contributed by atoms with E-state index in [0.29, 0.717) is 0 Å². The third-order valence-corrected chi connectivity index (χ3v) is 12.0. The lowest BCUT2D eigenvalue weighted by molar-refractivity contribution is -0.0129. The van der Waals surface area contributed by atoms with Gasteiger partial charge < -0.3 is 24.0 Å². The Morgan fingerprint density at radius 2 is 1.25 bits per heavy atom. The number of benzene rings is 4. The maximum Gasteiger partial charge on any atom is 0.169 e. The van der Waals surface area contributed by atoms with Gasteiger partial charge in [0.15, 0.2) is 5.72 Å². The number of rotatable bonds is 9. The Balaban J connectivity index is 1.39. The van der Waals surface area contributed by atoms with E-state index in [1.807, 2.05) is 13.2 Å². The van der Waals surface area contributed by atoms with E-state index in [-0.39, 0.29) is 16.7 Å². The Morgan fingerprint density at radius 3 is 1.83 bits per heavy atom. The molecule has 1 atom stereocenters. The van der Waals surface area contributed by atoms with Crippen molar-refractivity contribution in [2.75, 3.05) is 45.2 Å². The molecule has 5 nitrogen and oxygen atoms in total. The number of hydrogen-bond donors (Lipinski definition) is 0. The van der Waals surface area contributed by atoms with Gasteiger partial charge in [0.1, 0.15) is 11.5 Å². The molecule has 0 spiro atoms. The number of methoxy groups -OCH3 is 3. The minimum atomic E-state index is -0.702. The number of ether oxygens (including phenoxy) is 3. The summed E-state index contributed by atoms with van der Waals surface area (Å²) in [5.41, 5.74) is 11.5. The Morgan fingerprint density at radius 1 is 0.673 bits per heavy atom. The van der Waals surface area contributed by atoms with Gasteiger partial charge in [-0.1, -0.05) is 101 Å². The number of nitrogens with zero attached hydrogens (tertiary/aromatic N) is 2. The van der Waals surface area contributed by atoms with Crippen LogP contribution in [0, 0.1) is 0 Å². The first-order chi connectivity index (χ1) is 25.0. The molecule has 0 bridgehead atoms. The van der Waals surface area contributed by atoms with Crippen molar-refractivity contribution in [3.05, 3.63) is 166 Å². The van der Waals surface area contributed by atoms with Gasteiger partial charge >= 0.3 is 0 Å². The molecule has 0 saturated carbocycles. The summed E-state index contributed by atoms with van der Waals surface area (Å²) in [5.74, 6) is 1.81. The summed E-state index contributed by atoms with van der Waals surface area (Å²) < 4.78 is 17.8. The molecule has 52 heavy (non-hydrogen) atoms. The molecular weight excluding hydrogens is 641 g/mol. The van der Waals surface area contributed by atoms with E-state index in [2.05, 4.69) is 167 Å². The Labute approximate surface area is 310 Å². The van der Waals surface area contributed by atoms with Crippen LogP contribution in [0.15, 0.2) is 144 Å². The van der Waals surface area contributed by atoms with E-state index in [0.717, 1.165) is 30.0 Å². The number of allylic oxidation sites excluding steroid dienone is 7. The van der Waals surface area contributed by atoms with Gasteiger partial charge in [-0.2, -0.15) is 0 Å². The molecule has 4 aromatic rings. The summed E-state index contributed by atoms with van der Waals surface area (Å²) in [6.45, 7) is 9.17. The molecule has 0 fully saturated rings. The topological polar surface area (TPSA) is 34.2 Å². The van der Waals surface area contributed by atoms with Crippen molar-refractivity contribution in [1.82, 2.24) is 0 Å². The fraction of sp³-hybridized carbons (Fsp3) is 0.319. The summed E-state index contributed by atoms with van der Waals surface area (Å²) in [6.07, 6.45) is 11.3. The predicted molar refractivity (Wildman–Crippen MR) is 215 cm³/mol. The van der Waals surface area contributed by atoms with Crippen molar-refractivity contribution in [2.24, 2.45) is 0 Å². The molecule has 0 N–H and O–H groups in total. The highest BCUT2D eigenvalue weighted by molar-refractivity contribution is 5.72. The number of anilines is 2. The molecule has 4 aromatic carbocycles. The summed E-state index contributed by atoms with van der Waals surface area (Å²) in [4.78, 5) is 4.62. The normalized spacial score (nSPS) is 21.9. The maximum atomic E-state index is 6.57. The highest BCUT2D eigenvalue weighted by Crippen LogP contribution is 2.54. The molecule has 3 aliphatic rings. The summed E-state index contributed by atoms with van der Waals surface area (Å²) in [6, 6.07) is 34.7. The zero-order valence-electron chi connectivity index (χ0n) is 32.2. The third kappa shape index (κ3) is 5.58. The van der Waals surface area contributed by atoms with E-state index >= 15 is 0 Å². The van der Waals surface area contributed by atoms with Crippen LogP contribution in [-0.2, 0) is 15.6 Å². The molecule has 268 valence electrons. The van der Waals surface area contributed by atoms with Crippen LogP contribution < -0.4 is 19.3 Å². The van der Waals surface area contributed by atoms with E-state index in [9.17, 15) is 0 Å². The van der Waals surface area contributed by atoms with E-state index < -0.39 is 5.72 Å². The quantitative estimate of drug-likeness (QED) is 0.174. The van der Waals surface area contributed by atoms with Gasteiger partial charge in [-0.15, -0.1) is 0 Å². The Bertz CT molecular complexity index is 2050. The van der Waals surface area contributed by atoms with Crippen LogP contribution in [-0.4, -0.2) is 41.1 Å². The lowest BCUT2D eigenvalue weighted by atomic mass is 9.76. The second-order valence-corrected chi connectivity index (χ2v) is 15.3. The van der Waals surface area contributed by atoms with Gasteiger partial charge in [0, 0.05) is 55.0 Å². The monoisotopic (exact) mass is 692 g/mol. The van der Waals surface area contributed by atoms with E-state index in [1.54, 1.807) is 14.2 Å². The summed E-state index contributed by atoms with van der Waals surface area (Å²) >= 11 is 0. The average molecular weight is 693 g/mol. The molecule has 1 unspecified atom stereocenters. The lowest BCUT2D eigenvalue weighted by Crippen LogP contribution is -2.54. The van der Waals surface area contributed by atoms with Crippen LogP contribution in [0.3, 0.4) is 0 Å². The Kier molecular flexibility index (Phi) is 9.21. The zero-order chi connectivity index (χ0) is 36.8. The predicted octanol–water partition coefficient (Wildman–Crippen LogP) is 10.5. The van der Waals surface area contributed by atoms with Crippen LogP contribution in [0.25, 0.3) is 0 Å². The number of likely N-dealkylation sites (N-methyl/N-ethyl adjacent to an activating group) is 2. The van der Waals surface area contributed by atoms with Crippen molar-refractivity contribution in [3.63, 3.8) is 0 Å². The number of hydrogen-bond acceptors (Lipinski definition) is 5. The molecule has 2 heterocycles. The second-order valence-electron chi connectivity index (χ2n) is 15.3. The summed E-state index contributed by atoms with van der Waals surface area (Å²) in [7, 11) is 9.61. The van der Waals surface area contributed by atoms with Gasteiger partial charge in [0.25, 0.3) is 0 Å². The van der Waals surface area contributed by atoms with E-state index in [4.69, 9.17) is 14.2 Å². The van der Waals surface area contributed by atoms with Crippen LogP contribution >= 0.6 is 0 Å². The minimum absolute atomic E-state index is 0.0687. The first-order valence-corrected chi connectivity index (χ1v) is 18.3. The first-order valence-electron chi connectivity index (χ1n) is 18.3. The fourth-order valence-electron chi connectivity index (χ4n) is 9.12. The second kappa shape index (κ2) is 13.5. The smallest absolute Gasteiger partial charge is 0.169 e. The van der Waals surface area contributed by atoms with E-state index in [1.165, 1.54) is 50.4 Å². The highest BCUT2D eigenvalue weighted by Gasteiger charge is 2.55. The average Bonchev–Trinajstić information content (AvgIpc) is 3.70. The molecule has 0 saturated heterocycles. The fourth-order valence-corrected chi connectivity index (χ4v) is 9.12. The van der Waals surface area contributed by atoms with Gasteiger partial charge in [-0.25, -0.2) is 0 Å². The van der Waals surface area contributed by atoms with Gasteiger partial charge in [-0.3, -0.25) is 0 Å². The molecule has 7 rings (SSSR count). The molecular formula is C47H52N2O3. The molecule has 1 aliphatic carbocycles. The third-order valence-electron chi connectivity index (χ3n) is 12.0. The first kappa shape index (κ1) is 35.4. The van der Waals surface area contributed by atoms with Gasteiger partial charge in [-0.05, 0) is 100 Å². The SMILES string of the molecule is COc1ccc2c(c1)C(C)(C)/C(=C/C=C1\CCC(/C=C/C3(OC)N(C)c4ccc(OC)cc4C3(C)C)=C1C(c1ccccc1)c1ccccc1)N2C. The van der Waals surface area contributed by atoms with Crippen LogP contribution in [0.1, 0.15) is 68.7 Å². The molecule has 0 aromatic heterocycles. The minimum Gasteiger partial charge on any atom is -0.497 e. The van der Waals surface area contributed by atoms with Crippen LogP contribution in [0.5, 0.6) is 11.5 Å². The van der Waals surface area contributed by atoms with Gasteiger partial charge in [0.2, 0.25) is 0 Å². The largest absolute Gasteiger partial charge is 0.497 e. The zero-order valence-corrected chi connectivity index (χ0v) is 32.2. The summed E-state index contributed by atoms with van der Waals surface area (Å²) in [5, 5.41) is 0. The molecule has 5 heteroatoms. The lowest BCUT2D eigenvalue weighted by Gasteiger charge is -2.43. The van der Waals surface area contributed by atoms with Crippen molar-refractivity contribution in [1.29, 1.82) is 0 Å². The van der Waals surface area contributed by atoms with Gasteiger partial charge in [0.05, 0.1) is 14.2 Å². The van der Waals surface area contributed by atoms with Crippen molar-refractivity contribution in [2.45, 2.75) is 63.0 Å². The Hall–Kier alpha value is -5.00.